The molecular formula is C14H11ClN2O. The number of aromatic hydroxyl groups is 1. The van der Waals surface area contributed by atoms with Gasteiger partial charge in [0.1, 0.15) is 5.75 Å². The predicted molar refractivity (Wildman–Crippen MR) is 72.0 cm³/mol. The van der Waals surface area contributed by atoms with Gasteiger partial charge in [0, 0.05) is 16.5 Å². The third-order valence-electron chi connectivity index (χ3n) is 2.91. The van der Waals surface area contributed by atoms with Crippen LogP contribution in [0.3, 0.4) is 0 Å². The summed E-state index contributed by atoms with van der Waals surface area (Å²) in [6.45, 7) is 0.590. The molecule has 0 unspecified atom stereocenters. The number of hydrogen-bond donors (Lipinski definition) is 1. The molecule has 1 heterocycles. The van der Waals surface area contributed by atoms with Crippen LogP contribution in [0.4, 0.5) is 0 Å². The van der Waals surface area contributed by atoms with Crippen molar-refractivity contribution >= 4 is 22.5 Å². The lowest BCUT2D eigenvalue weighted by molar-refractivity contribution is 0.475. The molecule has 0 aliphatic heterocycles. The Kier molecular flexibility index (Phi) is 2.68. The van der Waals surface area contributed by atoms with Crippen molar-refractivity contribution in [2.24, 2.45) is 0 Å². The zero-order chi connectivity index (χ0) is 12.5. The lowest BCUT2D eigenvalue weighted by atomic mass is 10.2. The Balaban J connectivity index is 2.05. The van der Waals surface area contributed by atoms with Gasteiger partial charge in [-0.15, -0.1) is 0 Å². The minimum Gasteiger partial charge on any atom is -0.508 e. The van der Waals surface area contributed by atoms with E-state index in [4.69, 9.17) is 11.6 Å². The lowest BCUT2D eigenvalue weighted by Crippen LogP contribution is -2.01. The van der Waals surface area contributed by atoms with Crippen LogP contribution in [0.25, 0.3) is 10.9 Å². The van der Waals surface area contributed by atoms with Crippen molar-refractivity contribution in [1.29, 1.82) is 0 Å². The normalized spacial score (nSPS) is 10.9. The molecule has 1 aromatic heterocycles. The van der Waals surface area contributed by atoms with Gasteiger partial charge in [0.05, 0.1) is 18.3 Å². The van der Waals surface area contributed by atoms with E-state index in [2.05, 4.69) is 5.10 Å². The highest BCUT2D eigenvalue weighted by molar-refractivity contribution is 6.31. The molecule has 0 atom stereocenters. The minimum atomic E-state index is 0.239. The number of rotatable bonds is 2. The van der Waals surface area contributed by atoms with Crippen LogP contribution in [0.1, 0.15) is 5.56 Å². The van der Waals surface area contributed by atoms with Crippen molar-refractivity contribution < 1.29 is 5.11 Å². The van der Waals surface area contributed by atoms with E-state index in [1.807, 2.05) is 35.0 Å². The van der Waals surface area contributed by atoms with E-state index in [0.29, 0.717) is 6.54 Å². The number of nitrogens with zero attached hydrogens (tertiary/aromatic N) is 2. The van der Waals surface area contributed by atoms with E-state index in [-0.39, 0.29) is 5.75 Å². The van der Waals surface area contributed by atoms with Crippen molar-refractivity contribution in [1.82, 2.24) is 9.78 Å². The molecule has 0 saturated heterocycles. The zero-order valence-electron chi connectivity index (χ0n) is 9.55. The number of phenolic OH excluding ortho intramolecular Hbond substituents is 1. The summed E-state index contributed by atoms with van der Waals surface area (Å²) in [6.07, 6.45) is 1.78. The molecule has 90 valence electrons. The van der Waals surface area contributed by atoms with Gasteiger partial charge in [-0.05, 0) is 23.8 Å². The Labute approximate surface area is 109 Å². The van der Waals surface area contributed by atoms with Crippen LogP contribution in [0.5, 0.6) is 5.75 Å². The topological polar surface area (TPSA) is 38.1 Å². The van der Waals surface area contributed by atoms with Crippen molar-refractivity contribution in [3.63, 3.8) is 0 Å². The smallest absolute Gasteiger partial charge is 0.117 e. The molecule has 0 aliphatic rings. The van der Waals surface area contributed by atoms with Crippen LogP contribution in [0.2, 0.25) is 5.02 Å². The van der Waals surface area contributed by atoms with Gasteiger partial charge < -0.3 is 5.11 Å². The van der Waals surface area contributed by atoms with Gasteiger partial charge in [-0.3, -0.25) is 4.68 Å². The fourth-order valence-electron chi connectivity index (χ4n) is 1.97. The Morgan fingerprint density at radius 3 is 2.83 bits per heavy atom. The second kappa shape index (κ2) is 4.35. The third-order valence-corrected chi connectivity index (χ3v) is 3.27. The molecule has 0 radical (unpaired) electrons. The van der Waals surface area contributed by atoms with Crippen LogP contribution in [0, 0.1) is 0 Å². The van der Waals surface area contributed by atoms with Gasteiger partial charge in [-0.25, -0.2) is 0 Å². The first-order chi connectivity index (χ1) is 8.74. The Hall–Kier alpha value is -2.00. The molecule has 0 bridgehead atoms. The van der Waals surface area contributed by atoms with E-state index < -0.39 is 0 Å². The molecule has 1 N–H and O–H groups in total. The summed E-state index contributed by atoms with van der Waals surface area (Å²) >= 11 is 6.13. The highest BCUT2D eigenvalue weighted by Gasteiger charge is 2.06. The quantitative estimate of drug-likeness (QED) is 0.765. The first-order valence-corrected chi connectivity index (χ1v) is 6.00. The van der Waals surface area contributed by atoms with Crippen molar-refractivity contribution in [3.05, 3.63) is 59.2 Å². The van der Waals surface area contributed by atoms with Gasteiger partial charge in [-0.1, -0.05) is 29.8 Å². The number of hydrogen-bond acceptors (Lipinski definition) is 2. The van der Waals surface area contributed by atoms with Crippen LogP contribution >= 0.6 is 11.6 Å². The Morgan fingerprint density at radius 2 is 2.00 bits per heavy atom. The maximum absolute atomic E-state index is 9.53. The number of benzene rings is 2. The van der Waals surface area contributed by atoms with Gasteiger partial charge in [-0.2, -0.15) is 5.10 Å². The van der Waals surface area contributed by atoms with Gasteiger partial charge in [0.2, 0.25) is 0 Å². The molecule has 0 amide bonds. The van der Waals surface area contributed by atoms with Gasteiger partial charge in [0.25, 0.3) is 0 Å². The van der Waals surface area contributed by atoms with Crippen molar-refractivity contribution in [3.8, 4) is 5.75 Å². The fourth-order valence-corrected chi connectivity index (χ4v) is 2.17. The number of halogens is 1. The molecule has 0 saturated carbocycles. The molecule has 3 nitrogen and oxygen atoms in total. The molecule has 0 spiro atoms. The summed E-state index contributed by atoms with van der Waals surface area (Å²) in [5.41, 5.74) is 1.91. The number of fused-ring (bicyclic) bond motifs is 1. The molecule has 0 fully saturated rings. The molecule has 2 aromatic carbocycles. The average Bonchev–Trinajstić information content (AvgIpc) is 2.75. The van der Waals surface area contributed by atoms with Crippen molar-refractivity contribution in [2.45, 2.75) is 6.54 Å². The standard InChI is InChI=1S/C14H11ClN2O/c15-13-4-2-1-3-11(13)9-17-14-7-12(18)6-5-10(14)8-16-17/h1-8,18H,9H2. The largest absolute Gasteiger partial charge is 0.508 e. The monoisotopic (exact) mass is 258 g/mol. The molecular weight excluding hydrogens is 248 g/mol. The van der Waals surface area contributed by atoms with Crippen LogP contribution in [0.15, 0.2) is 48.7 Å². The highest BCUT2D eigenvalue weighted by atomic mass is 35.5. The number of phenols is 1. The summed E-state index contributed by atoms with van der Waals surface area (Å²) in [7, 11) is 0. The zero-order valence-corrected chi connectivity index (χ0v) is 10.3. The van der Waals surface area contributed by atoms with Crippen LogP contribution < -0.4 is 0 Å². The van der Waals surface area contributed by atoms with Crippen molar-refractivity contribution in [2.75, 3.05) is 0 Å². The molecule has 0 aliphatic carbocycles. The van der Waals surface area contributed by atoms with Crippen LogP contribution in [-0.4, -0.2) is 14.9 Å². The maximum Gasteiger partial charge on any atom is 0.117 e. The van der Waals surface area contributed by atoms with E-state index in [9.17, 15) is 5.11 Å². The van der Waals surface area contributed by atoms with Gasteiger partial charge in [0.15, 0.2) is 0 Å². The summed E-state index contributed by atoms with van der Waals surface area (Å²) in [5.74, 6) is 0.239. The first-order valence-electron chi connectivity index (χ1n) is 5.62. The predicted octanol–water partition coefficient (Wildman–Crippen LogP) is 3.44. The SMILES string of the molecule is Oc1ccc2cnn(Cc3ccccc3Cl)c2c1. The summed E-state index contributed by atoms with van der Waals surface area (Å²) in [5, 5.41) is 15.6. The van der Waals surface area contributed by atoms with E-state index in [1.54, 1.807) is 18.3 Å². The van der Waals surface area contributed by atoms with E-state index in [0.717, 1.165) is 21.5 Å². The number of aromatic nitrogens is 2. The van der Waals surface area contributed by atoms with E-state index >= 15 is 0 Å². The second-order valence-corrected chi connectivity index (χ2v) is 4.54. The Morgan fingerprint density at radius 1 is 1.17 bits per heavy atom. The summed E-state index contributed by atoms with van der Waals surface area (Å²) in [4.78, 5) is 0. The molecule has 3 rings (SSSR count). The average molecular weight is 259 g/mol. The Bertz CT molecular complexity index is 706. The maximum atomic E-state index is 9.53. The van der Waals surface area contributed by atoms with Crippen LogP contribution in [-0.2, 0) is 6.54 Å². The molecule has 18 heavy (non-hydrogen) atoms. The second-order valence-electron chi connectivity index (χ2n) is 4.14. The molecule has 3 aromatic rings. The third kappa shape index (κ3) is 1.93. The summed E-state index contributed by atoms with van der Waals surface area (Å²) in [6, 6.07) is 12.9. The first kappa shape index (κ1) is 11.1. The summed E-state index contributed by atoms with van der Waals surface area (Å²) < 4.78 is 1.83. The van der Waals surface area contributed by atoms with Gasteiger partial charge >= 0.3 is 0 Å². The minimum absolute atomic E-state index is 0.239. The highest BCUT2D eigenvalue weighted by Crippen LogP contribution is 2.22. The fraction of sp³-hybridized carbons (Fsp3) is 0.0714. The van der Waals surface area contributed by atoms with E-state index in [1.165, 1.54) is 0 Å². The lowest BCUT2D eigenvalue weighted by Gasteiger charge is -2.06. The molecule has 4 heteroatoms.